The first-order valence-electron chi connectivity index (χ1n) is 8.65. The molecule has 4 rings (SSSR count). The lowest BCUT2D eigenvalue weighted by Gasteiger charge is -2.16. The molecule has 0 unspecified atom stereocenters. The summed E-state index contributed by atoms with van der Waals surface area (Å²) in [6.45, 7) is 1.76. The van der Waals surface area contributed by atoms with Crippen LogP contribution in [-0.2, 0) is 4.79 Å². The highest BCUT2D eigenvalue weighted by Gasteiger charge is 2.16. The molecule has 0 aliphatic rings. The SMILES string of the molecule is C[C@H](Oc1ccc2ccccc2c1)C(=O)Nc1cccc2ccccc12. The molecular formula is C23H19NO2. The van der Waals surface area contributed by atoms with Gasteiger partial charge in [-0.2, -0.15) is 0 Å². The average molecular weight is 341 g/mol. The molecule has 0 aromatic heterocycles. The van der Waals surface area contributed by atoms with Crippen LogP contribution < -0.4 is 10.1 Å². The van der Waals surface area contributed by atoms with Crippen molar-refractivity contribution in [3.63, 3.8) is 0 Å². The minimum Gasteiger partial charge on any atom is -0.481 e. The smallest absolute Gasteiger partial charge is 0.265 e. The third kappa shape index (κ3) is 3.24. The second-order valence-electron chi connectivity index (χ2n) is 6.28. The molecule has 128 valence electrons. The molecule has 0 fully saturated rings. The van der Waals surface area contributed by atoms with Crippen molar-refractivity contribution >= 4 is 33.1 Å². The summed E-state index contributed by atoms with van der Waals surface area (Å²) in [6.07, 6.45) is -0.602. The number of amides is 1. The summed E-state index contributed by atoms with van der Waals surface area (Å²) in [5.41, 5.74) is 0.794. The molecule has 0 saturated heterocycles. The van der Waals surface area contributed by atoms with Crippen molar-refractivity contribution in [1.29, 1.82) is 0 Å². The summed E-state index contributed by atoms with van der Waals surface area (Å²) in [5.74, 6) is 0.513. The largest absolute Gasteiger partial charge is 0.481 e. The first-order chi connectivity index (χ1) is 12.7. The van der Waals surface area contributed by atoms with Crippen LogP contribution in [0, 0.1) is 0 Å². The van der Waals surface area contributed by atoms with E-state index < -0.39 is 6.10 Å². The van der Waals surface area contributed by atoms with Crippen LogP contribution in [0.15, 0.2) is 84.9 Å². The fraction of sp³-hybridized carbons (Fsp3) is 0.0870. The predicted molar refractivity (Wildman–Crippen MR) is 107 cm³/mol. The maximum Gasteiger partial charge on any atom is 0.265 e. The number of carbonyl (C=O) groups is 1. The van der Waals surface area contributed by atoms with E-state index in [1.807, 2.05) is 78.9 Å². The van der Waals surface area contributed by atoms with Crippen LogP contribution in [0.3, 0.4) is 0 Å². The zero-order chi connectivity index (χ0) is 17.9. The van der Waals surface area contributed by atoms with E-state index in [2.05, 4.69) is 11.4 Å². The van der Waals surface area contributed by atoms with Gasteiger partial charge in [-0.3, -0.25) is 4.79 Å². The van der Waals surface area contributed by atoms with Crippen molar-refractivity contribution in [3.05, 3.63) is 84.9 Å². The Morgan fingerprint density at radius 3 is 2.35 bits per heavy atom. The van der Waals surface area contributed by atoms with E-state index in [1.54, 1.807) is 6.92 Å². The predicted octanol–water partition coefficient (Wildman–Crippen LogP) is 5.40. The quantitative estimate of drug-likeness (QED) is 0.540. The van der Waals surface area contributed by atoms with Gasteiger partial charge in [-0.1, -0.05) is 66.7 Å². The van der Waals surface area contributed by atoms with Crippen LogP contribution in [0.1, 0.15) is 6.92 Å². The van der Waals surface area contributed by atoms with Crippen LogP contribution in [0.5, 0.6) is 5.75 Å². The summed E-state index contributed by atoms with van der Waals surface area (Å²) >= 11 is 0. The van der Waals surface area contributed by atoms with Gasteiger partial charge in [0.2, 0.25) is 0 Å². The third-order valence-corrected chi connectivity index (χ3v) is 4.45. The average Bonchev–Trinajstić information content (AvgIpc) is 2.68. The Morgan fingerprint density at radius 1 is 0.808 bits per heavy atom. The molecule has 0 bridgehead atoms. The Kier molecular flexibility index (Phi) is 4.28. The van der Waals surface area contributed by atoms with Gasteiger partial charge in [0.25, 0.3) is 5.91 Å². The molecule has 4 aromatic carbocycles. The minimum atomic E-state index is -0.602. The lowest BCUT2D eigenvalue weighted by atomic mass is 10.1. The molecule has 26 heavy (non-hydrogen) atoms. The summed E-state index contributed by atoms with van der Waals surface area (Å²) < 4.78 is 5.86. The lowest BCUT2D eigenvalue weighted by Crippen LogP contribution is -2.30. The number of fused-ring (bicyclic) bond motifs is 2. The van der Waals surface area contributed by atoms with Crippen molar-refractivity contribution in [3.8, 4) is 5.75 Å². The molecule has 3 heteroatoms. The van der Waals surface area contributed by atoms with Crippen molar-refractivity contribution in [2.45, 2.75) is 13.0 Å². The number of carbonyl (C=O) groups excluding carboxylic acids is 1. The van der Waals surface area contributed by atoms with Crippen molar-refractivity contribution in [2.24, 2.45) is 0 Å². The molecule has 0 saturated carbocycles. The first-order valence-corrected chi connectivity index (χ1v) is 8.65. The fourth-order valence-corrected chi connectivity index (χ4v) is 3.07. The third-order valence-electron chi connectivity index (χ3n) is 4.45. The summed E-state index contributed by atoms with van der Waals surface area (Å²) in [5, 5.41) is 7.32. The van der Waals surface area contributed by atoms with Gasteiger partial charge in [0, 0.05) is 11.1 Å². The molecule has 0 heterocycles. The first kappa shape index (κ1) is 16.2. The maximum atomic E-state index is 12.6. The highest BCUT2D eigenvalue weighted by Crippen LogP contribution is 2.24. The highest BCUT2D eigenvalue weighted by molar-refractivity contribution is 6.03. The zero-order valence-corrected chi connectivity index (χ0v) is 14.5. The summed E-state index contributed by atoms with van der Waals surface area (Å²) in [4.78, 5) is 12.6. The highest BCUT2D eigenvalue weighted by atomic mass is 16.5. The minimum absolute atomic E-state index is 0.172. The second-order valence-corrected chi connectivity index (χ2v) is 6.28. The van der Waals surface area contributed by atoms with E-state index in [-0.39, 0.29) is 5.91 Å². The van der Waals surface area contributed by atoms with E-state index >= 15 is 0 Å². The molecule has 0 aliphatic carbocycles. The molecule has 4 aromatic rings. The number of benzene rings is 4. The second kappa shape index (κ2) is 6.89. The van der Waals surface area contributed by atoms with Crippen LogP contribution in [-0.4, -0.2) is 12.0 Å². The topological polar surface area (TPSA) is 38.3 Å². The molecule has 0 aliphatic heterocycles. The van der Waals surface area contributed by atoms with Gasteiger partial charge >= 0.3 is 0 Å². The number of anilines is 1. The summed E-state index contributed by atoms with van der Waals surface area (Å²) in [7, 11) is 0. The maximum absolute atomic E-state index is 12.6. The van der Waals surface area contributed by atoms with Crippen LogP contribution in [0.4, 0.5) is 5.69 Å². The van der Waals surface area contributed by atoms with E-state index in [4.69, 9.17) is 4.74 Å². The molecule has 1 atom stereocenters. The van der Waals surface area contributed by atoms with Crippen molar-refractivity contribution in [1.82, 2.24) is 0 Å². The van der Waals surface area contributed by atoms with Crippen LogP contribution in [0.2, 0.25) is 0 Å². The zero-order valence-electron chi connectivity index (χ0n) is 14.5. The molecule has 3 nitrogen and oxygen atoms in total. The van der Waals surface area contributed by atoms with Crippen LogP contribution in [0.25, 0.3) is 21.5 Å². The molecule has 0 radical (unpaired) electrons. The Hall–Kier alpha value is -3.33. The van der Waals surface area contributed by atoms with Gasteiger partial charge in [0.05, 0.1) is 0 Å². The van der Waals surface area contributed by atoms with Gasteiger partial charge in [-0.15, -0.1) is 0 Å². The molecule has 1 amide bonds. The van der Waals surface area contributed by atoms with Crippen molar-refractivity contribution in [2.75, 3.05) is 5.32 Å². The Balaban J connectivity index is 1.52. The number of hydrogen-bond donors (Lipinski definition) is 1. The monoisotopic (exact) mass is 341 g/mol. The van der Waals surface area contributed by atoms with Gasteiger partial charge in [-0.05, 0) is 41.3 Å². The van der Waals surface area contributed by atoms with Gasteiger partial charge in [0.1, 0.15) is 5.75 Å². The number of hydrogen-bond acceptors (Lipinski definition) is 2. The standard InChI is InChI=1S/C23H19NO2/c1-16(26-20-14-13-17-7-2-3-9-19(17)15-20)23(25)24-22-12-6-10-18-8-4-5-11-21(18)22/h2-16H,1H3,(H,24,25)/t16-/m0/s1. The van der Waals surface area contributed by atoms with E-state index in [0.717, 1.165) is 27.2 Å². The Bertz CT molecular complexity index is 1080. The van der Waals surface area contributed by atoms with E-state index in [9.17, 15) is 4.79 Å². The molecule has 0 spiro atoms. The van der Waals surface area contributed by atoms with E-state index in [0.29, 0.717) is 5.75 Å². The Labute approximate surface area is 152 Å². The van der Waals surface area contributed by atoms with Crippen LogP contribution >= 0.6 is 0 Å². The normalized spacial score (nSPS) is 12.0. The number of ether oxygens (including phenoxy) is 1. The van der Waals surface area contributed by atoms with Gasteiger partial charge < -0.3 is 10.1 Å². The molecular weight excluding hydrogens is 322 g/mol. The molecule has 1 N–H and O–H groups in total. The fourth-order valence-electron chi connectivity index (χ4n) is 3.07. The number of rotatable bonds is 4. The van der Waals surface area contributed by atoms with Crippen molar-refractivity contribution < 1.29 is 9.53 Å². The van der Waals surface area contributed by atoms with Gasteiger partial charge in [-0.25, -0.2) is 0 Å². The van der Waals surface area contributed by atoms with Gasteiger partial charge in [0.15, 0.2) is 6.10 Å². The van der Waals surface area contributed by atoms with E-state index in [1.165, 1.54) is 0 Å². The number of nitrogens with one attached hydrogen (secondary N) is 1. The lowest BCUT2D eigenvalue weighted by molar-refractivity contribution is -0.122. The Morgan fingerprint density at radius 2 is 1.50 bits per heavy atom. The summed E-state index contributed by atoms with van der Waals surface area (Å²) in [6, 6.07) is 27.8.